The normalized spacial score (nSPS) is 17.8. The average Bonchev–Trinajstić information content (AvgIpc) is 3.26. The molecule has 2 aromatic carbocycles. The predicted molar refractivity (Wildman–Crippen MR) is 153 cm³/mol. The summed E-state index contributed by atoms with van der Waals surface area (Å²) in [4.78, 5) is -0.238. The number of ether oxygens (including phenoxy) is 1. The van der Waals surface area contributed by atoms with Crippen LogP contribution in [0.15, 0.2) is 47.4 Å². The second-order valence-corrected chi connectivity index (χ2v) is 12.5. The summed E-state index contributed by atoms with van der Waals surface area (Å²) in [5.41, 5.74) is 1.23. The highest BCUT2D eigenvalue weighted by atomic mass is 32.2. The van der Waals surface area contributed by atoms with Crippen LogP contribution in [-0.4, -0.2) is 63.9 Å². The lowest BCUT2D eigenvalue weighted by Crippen LogP contribution is -2.34. The van der Waals surface area contributed by atoms with Crippen molar-refractivity contribution in [2.24, 2.45) is 0 Å². The number of sulfone groups is 1. The zero-order valence-electron chi connectivity index (χ0n) is 23.5. The van der Waals surface area contributed by atoms with Crippen LogP contribution in [-0.2, 0) is 16.4 Å². The van der Waals surface area contributed by atoms with Gasteiger partial charge in [-0.25, -0.2) is 8.42 Å². The van der Waals surface area contributed by atoms with Gasteiger partial charge in [0, 0.05) is 35.5 Å². The van der Waals surface area contributed by atoms with Crippen LogP contribution in [0.2, 0.25) is 0 Å². The van der Waals surface area contributed by atoms with Crippen molar-refractivity contribution in [3.63, 3.8) is 0 Å². The molecule has 0 saturated heterocycles. The summed E-state index contributed by atoms with van der Waals surface area (Å²) < 4.78 is 109. The first-order valence-electron chi connectivity index (χ1n) is 13.5. The number of nitrogens with zero attached hydrogens (tertiary/aromatic N) is 1. The molecule has 0 unspecified atom stereocenters. The van der Waals surface area contributed by atoms with Crippen LogP contribution in [0.5, 0.6) is 5.75 Å². The Morgan fingerprint density at radius 3 is 2.28 bits per heavy atom. The lowest BCUT2D eigenvalue weighted by Gasteiger charge is -2.29. The second-order valence-electron chi connectivity index (χ2n) is 10.4. The van der Waals surface area contributed by atoms with Crippen molar-refractivity contribution >= 4 is 32.1 Å². The minimum atomic E-state index is -4.66. The van der Waals surface area contributed by atoms with E-state index in [0.29, 0.717) is 22.6 Å². The molecule has 3 N–H and O–H groups in total. The van der Waals surface area contributed by atoms with Gasteiger partial charge >= 0.3 is 12.4 Å². The summed E-state index contributed by atoms with van der Waals surface area (Å²) in [6, 6.07) is 10.8. The zero-order valence-corrected chi connectivity index (χ0v) is 24.3. The summed E-state index contributed by atoms with van der Waals surface area (Å²) in [7, 11) is -1.80. The maximum Gasteiger partial charge on any atom is 0.422 e. The molecule has 0 spiro atoms. The smallest absolute Gasteiger partial charge is 0.422 e. The van der Waals surface area contributed by atoms with Gasteiger partial charge in [0.05, 0.1) is 28.3 Å². The van der Waals surface area contributed by atoms with Crippen LogP contribution in [0, 0.1) is 11.8 Å². The number of fused-ring (bicyclic) bond motifs is 1. The number of aromatic nitrogens is 1. The standard InChI is InChI=1S/C29H32F6N4O3S/c1-36-19-8-10-20(11-9-19)38-24-6-3-7-26-23(24)15-21(39(26)17-28(30,31)32)5-4-14-37-25-13-12-22(43(2,40)41)16-27(25)42-18-29(33,34)35/h3,6-7,12-13,15-16,19-20,36-38H,8-11,14,17-18H2,1-2H3/t19-,20-. The lowest BCUT2D eigenvalue weighted by molar-refractivity contribution is -0.153. The molecule has 1 aliphatic carbocycles. The summed E-state index contributed by atoms with van der Waals surface area (Å²) in [5.74, 6) is 5.12. The van der Waals surface area contributed by atoms with Crippen molar-refractivity contribution in [2.45, 2.75) is 61.6 Å². The van der Waals surface area contributed by atoms with Gasteiger partial charge < -0.3 is 25.3 Å². The highest BCUT2D eigenvalue weighted by Crippen LogP contribution is 2.33. The van der Waals surface area contributed by atoms with Crippen LogP contribution < -0.4 is 20.7 Å². The van der Waals surface area contributed by atoms with Crippen molar-refractivity contribution in [2.75, 3.05) is 37.1 Å². The first-order valence-corrected chi connectivity index (χ1v) is 15.4. The van der Waals surface area contributed by atoms with Crippen LogP contribution >= 0.6 is 0 Å². The Kier molecular flexibility index (Phi) is 9.76. The maximum absolute atomic E-state index is 13.6. The number of hydrogen-bond donors (Lipinski definition) is 3. The van der Waals surface area contributed by atoms with E-state index in [1.807, 2.05) is 13.1 Å². The zero-order chi connectivity index (χ0) is 31.4. The van der Waals surface area contributed by atoms with E-state index < -0.39 is 35.3 Å². The fraction of sp³-hybridized carbons (Fsp3) is 0.448. The molecule has 4 rings (SSSR count). The Labute approximate surface area is 245 Å². The third-order valence-electron chi connectivity index (χ3n) is 7.13. The Balaban J connectivity index is 1.58. The largest absolute Gasteiger partial charge is 0.482 e. The molecule has 3 aromatic rings. The van der Waals surface area contributed by atoms with E-state index in [1.165, 1.54) is 12.1 Å². The van der Waals surface area contributed by atoms with Crippen molar-refractivity contribution in [3.8, 4) is 17.6 Å². The van der Waals surface area contributed by atoms with Gasteiger partial charge in [-0.3, -0.25) is 0 Å². The third-order valence-corrected chi connectivity index (χ3v) is 8.24. The van der Waals surface area contributed by atoms with Crippen molar-refractivity contribution < 1.29 is 39.5 Å². The molecule has 43 heavy (non-hydrogen) atoms. The fourth-order valence-corrected chi connectivity index (χ4v) is 5.68. The molecule has 234 valence electrons. The highest BCUT2D eigenvalue weighted by Gasteiger charge is 2.31. The third kappa shape index (κ3) is 8.96. The number of hydrogen-bond acceptors (Lipinski definition) is 6. The molecule has 0 aliphatic heterocycles. The minimum absolute atomic E-state index is 0.0428. The number of rotatable bonds is 9. The number of nitrogens with one attached hydrogen (secondary N) is 3. The molecule has 1 aromatic heterocycles. The van der Waals surface area contributed by atoms with Crippen LogP contribution in [0.1, 0.15) is 31.4 Å². The number of halogens is 6. The fourth-order valence-electron chi connectivity index (χ4n) is 5.04. The summed E-state index contributed by atoms with van der Waals surface area (Å²) >= 11 is 0. The quantitative estimate of drug-likeness (QED) is 0.200. The van der Waals surface area contributed by atoms with Crippen molar-refractivity contribution in [1.82, 2.24) is 9.88 Å². The highest BCUT2D eigenvalue weighted by molar-refractivity contribution is 7.90. The molecule has 0 bridgehead atoms. The predicted octanol–water partition coefficient (Wildman–Crippen LogP) is 5.95. The number of anilines is 2. The van der Waals surface area contributed by atoms with Gasteiger partial charge in [-0.1, -0.05) is 12.0 Å². The van der Waals surface area contributed by atoms with Crippen LogP contribution in [0.4, 0.5) is 37.7 Å². The van der Waals surface area contributed by atoms with Gasteiger partial charge in [0.1, 0.15) is 12.3 Å². The second kappa shape index (κ2) is 13.0. The summed E-state index contributed by atoms with van der Waals surface area (Å²) in [6.45, 7) is -3.08. The topological polar surface area (TPSA) is 84.4 Å². The van der Waals surface area contributed by atoms with E-state index in [4.69, 9.17) is 4.74 Å². The first-order chi connectivity index (χ1) is 20.1. The molecule has 1 heterocycles. The molecule has 0 atom stereocenters. The van der Waals surface area contributed by atoms with Gasteiger partial charge in [0.15, 0.2) is 16.4 Å². The van der Waals surface area contributed by atoms with Gasteiger partial charge in [-0.05, 0) is 69.0 Å². The maximum atomic E-state index is 13.6. The molecule has 1 saturated carbocycles. The SMILES string of the molecule is CN[C@H]1CC[C@H](Nc2cccc3c2cc(C#CCNc2ccc(S(C)(=O)=O)cc2OCC(F)(F)F)n3CC(F)(F)F)CC1. The van der Waals surface area contributed by atoms with E-state index in [-0.39, 0.29) is 34.6 Å². The Morgan fingerprint density at radius 1 is 0.953 bits per heavy atom. The van der Waals surface area contributed by atoms with E-state index in [9.17, 15) is 34.8 Å². The van der Waals surface area contributed by atoms with Crippen molar-refractivity contribution in [3.05, 3.63) is 48.2 Å². The van der Waals surface area contributed by atoms with Gasteiger partial charge in [-0.2, -0.15) is 26.3 Å². The average molecular weight is 631 g/mol. The Hall–Kier alpha value is -3.57. The van der Waals surface area contributed by atoms with Crippen LogP contribution in [0.3, 0.4) is 0 Å². The van der Waals surface area contributed by atoms with Gasteiger partial charge in [0.2, 0.25) is 0 Å². The van der Waals surface area contributed by atoms with Crippen molar-refractivity contribution in [1.29, 1.82) is 0 Å². The van der Waals surface area contributed by atoms with E-state index in [2.05, 4.69) is 27.8 Å². The van der Waals surface area contributed by atoms with Gasteiger partial charge in [-0.15, -0.1) is 0 Å². The minimum Gasteiger partial charge on any atom is -0.482 e. The number of benzene rings is 2. The monoisotopic (exact) mass is 630 g/mol. The molecule has 0 amide bonds. The molecule has 7 nitrogen and oxygen atoms in total. The molecular weight excluding hydrogens is 598 g/mol. The lowest BCUT2D eigenvalue weighted by atomic mass is 9.91. The molecule has 1 aliphatic rings. The Bertz CT molecular complexity index is 1600. The van der Waals surface area contributed by atoms with Gasteiger partial charge in [0.25, 0.3) is 0 Å². The summed E-state index contributed by atoms with van der Waals surface area (Å²) in [5, 5.41) is 10.1. The molecule has 1 fully saturated rings. The molecular formula is C29H32F6N4O3S. The first kappa shape index (κ1) is 32.3. The number of alkyl halides is 6. The van der Waals surface area contributed by atoms with Crippen LogP contribution in [0.25, 0.3) is 10.9 Å². The molecule has 0 radical (unpaired) electrons. The summed E-state index contributed by atoms with van der Waals surface area (Å²) in [6.07, 6.45) is -4.45. The Morgan fingerprint density at radius 2 is 1.65 bits per heavy atom. The van der Waals surface area contributed by atoms with E-state index in [0.717, 1.165) is 42.6 Å². The van der Waals surface area contributed by atoms with E-state index in [1.54, 1.807) is 18.2 Å². The van der Waals surface area contributed by atoms with E-state index >= 15 is 0 Å². The molecule has 14 heteroatoms.